The highest BCUT2D eigenvalue weighted by atomic mass is 16.5. The number of anilines is 1. The van der Waals surface area contributed by atoms with Crippen LogP contribution >= 0.6 is 0 Å². The zero-order valence-corrected chi connectivity index (χ0v) is 12.2. The Bertz CT molecular complexity index is 629. The van der Waals surface area contributed by atoms with Gasteiger partial charge in [-0.25, -0.2) is 0 Å². The number of carbonyl (C=O) groups is 1. The third-order valence-electron chi connectivity index (χ3n) is 3.80. The maximum Gasteiger partial charge on any atom is 0.253 e. The largest absolute Gasteiger partial charge is 0.383 e. The molecule has 0 bridgehead atoms. The van der Waals surface area contributed by atoms with Crippen molar-refractivity contribution < 1.29 is 14.3 Å². The number of benzene rings is 1. The second-order valence-electron chi connectivity index (χ2n) is 5.27. The van der Waals surface area contributed by atoms with Crippen molar-refractivity contribution in [2.75, 3.05) is 25.6 Å². The van der Waals surface area contributed by atoms with Crippen molar-refractivity contribution in [3.63, 3.8) is 0 Å². The SMILES string of the molecule is COCCn1ccc2cc(NC(=O)C3CCCO3)ccc21. The van der Waals surface area contributed by atoms with Crippen LogP contribution in [-0.4, -0.2) is 36.9 Å². The minimum absolute atomic E-state index is 0.0503. The summed E-state index contributed by atoms with van der Waals surface area (Å²) in [5, 5.41) is 4.04. The third-order valence-corrected chi connectivity index (χ3v) is 3.80. The first-order valence-electron chi connectivity index (χ1n) is 7.28. The lowest BCUT2D eigenvalue weighted by molar-refractivity contribution is -0.124. The minimum atomic E-state index is -0.299. The minimum Gasteiger partial charge on any atom is -0.383 e. The summed E-state index contributed by atoms with van der Waals surface area (Å²) in [5.41, 5.74) is 1.95. The Morgan fingerprint density at radius 1 is 1.48 bits per heavy atom. The Labute approximate surface area is 123 Å². The number of nitrogens with zero attached hydrogens (tertiary/aromatic N) is 1. The van der Waals surface area contributed by atoms with Gasteiger partial charge in [-0.3, -0.25) is 4.79 Å². The van der Waals surface area contributed by atoms with Gasteiger partial charge in [0.1, 0.15) is 6.10 Å². The van der Waals surface area contributed by atoms with Gasteiger partial charge in [-0.1, -0.05) is 0 Å². The van der Waals surface area contributed by atoms with E-state index in [1.807, 2.05) is 30.5 Å². The molecule has 1 atom stereocenters. The van der Waals surface area contributed by atoms with Gasteiger partial charge in [-0.15, -0.1) is 0 Å². The molecule has 1 aliphatic rings. The van der Waals surface area contributed by atoms with Crippen molar-refractivity contribution in [2.24, 2.45) is 0 Å². The van der Waals surface area contributed by atoms with Gasteiger partial charge in [0.2, 0.25) is 0 Å². The molecular formula is C16H20N2O3. The highest BCUT2D eigenvalue weighted by molar-refractivity contribution is 5.96. The highest BCUT2D eigenvalue weighted by Crippen LogP contribution is 2.22. The van der Waals surface area contributed by atoms with Gasteiger partial charge in [-0.2, -0.15) is 0 Å². The first-order valence-corrected chi connectivity index (χ1v) is 7.28. The summed E-state index contributed by atoms with van der Waals surface area (Å²) in [4.78, 5) is 12.0. The Morgan fingerprint density at radius 2 is 2.38 bits per heavy atom. The van der Waals surface area contributed by atoms with Crippen LogP contribution in [0.5, 0.6) is 0 Å². The number of aromatic nitrogens is 1. The van der Waals surface area contributed by atoms with E-state index in [2.05, 4.69) is 9.88 Å². The van der Waals surface area contributed by atoms with Gasteiger partial charge in [0.25, 0.3) is 5.91 Å². The zero-order valence-electron chi connectivity index (χ0n) is 12.2. The number of carbonyl (C=O) groups excluding carboxylic acids is 1. The van der Waals surface area contributed by atoms with Crippen molar-refractivity contribution >= 4 is 22.5 Å². The summed E-state index contributed by atoms with van der Waals surface area (Å²) in [6, 6.07) is 7.99. The van der Waals surface area contributed by atoms with Crippen LogP contribution in [-0.2, 0) is 20.8 Å². The molecule has 0 spiro atoms. The van der Waals surface area contributed by atoms with Gasteiger partial charge in [0.15, 0.2) is 0 Å². The monoisotopic (exact) mass is 288 g/mol. The quantitative estimate of drug-likeness (QED) is 0.919. The maximum atomic E-state index is 12.0. The van der Waals surface area contributed by atoms with E-state index < -0.39 is 0 Å². The van der Waals surface area contributed by atoms with E-state index in [0.717, 1.165) is 36.0 Å². The second kappa shape index (κ2) is 6.28. The van der Waals surface area contributed by atoms with Crippen LogP contribution in [0.25, 0.3) is 10.9 Å². The lowest BCUT2D eigenvalue weighted by Crippen LogP contribution is -2.26. The first kappa shape index (κ1) is 14.1. The Balaban J connectivity index is 1.73. The molecule has 21 heavy (non-hydrogen) atoms. The Morgan fingerprint density at radius 3 is 3.14 bits per heavy atom. The summed E-state index contributed by atoms with van der Waals surface area (Å²) in [6.45, 7) is 2.18. The van der Waals surface area contributed by atoms with Gasteiger partial charge in [0, 0.05) is 43.0 Å². The molecule has 0 radical (unpaired) electrons. The van der Waals surface area contributed by atoms with Crippen molar-refractivity contribution in [3.8, 4) is 0 Å². The fourth-order valence-electron chi connectivity index (χ4n) is 2.67. The predicted octanol–water partition coefficient (Wildman–Crippen LogP) is 2.41. The van der Waals surface area contributed by atoms with E-state index in [9.17, 15) is 4.79 Å². The van der Waals surface area contributed by atoms with Crippen LogP contribution in [0.2, 0.25) is 0 Å². The van der Waals surface area contributed by atoms with E-state index in [-0.39, 0.29) is 12.0 Å². The summed E-state index contributed by atoms with van der Waals surface area (Å²) in [6.07, 6.45) is 3.50. The lowest BCUT2D eigenvalue weighted by Gasteiger charge is -2.11. The fourth-order valence-corrected chi connectivity index (χ4v) is 2.67. The van der Waals surface area contributed by atoms with E-state index in [1.165, 1.54) is 0 Å². The molecule has 2 aromatic rings. The van der Waals surface area contributed by atoms with E-state index >= 15 is 0 Å². The molecule has 1 unspecified atom stereocenters. The third kappa shape index (κ3) is 3.09. The van der Waals surface area contributed by atoms with Crippen molar-refractivity contribution in [2.45, 2.75) is 25.5 Å². The van der Waals surface area contributed by atoms with Crippen LogP contribution in [0.3, 0.4) is 0 Å². The molecule has 112 valence electrons. The van der Waals surface area contributed by atoms with Crippen LogP contribution < -0.4 is 5.32 Å². The lowest BCUT2D eigenvalue weighted by atomic mass is 10.2. The number of rotatable bonds is 5. The molecule has 0 saturated carbocycles. The second-order valence-corrected chi connectivity index (χ2v) is 5.27. The molecule has 0 aliphatic carbocycles. The van der Waals surface area contributed by atoms with Crippen LogP contribution in [0.15, 0.2) is 30.5 Å². The Hall–Kier alpha value is -1.85. The number of hydrogen-bond acceptors (Lipinski definition) is 3. The molecule has 3 rings (SSSR count). The average molecular weight is 288 g/mol. The molecule has 1 aromatic carbocycles. The number of nitrogens with one attached hydrogen (secondary N) is 1. The van der Waals surface area contributed by atoms with Crippen LogP contribution in [0, 0.1) is 0 Å². The van der Waals surface area contributed by atoms with Gasteiger partial charge >= 0.3 is 0 Å². The summed E-state index contributed by atoms with van der Waals surface area (Å²) < 4.78 is 12.6. The molecule has 1 aliphatic heterocycles. The number of amides is 1. The normalized spacial score (nSPS) is 18.2. The number of fused-ring (bicyclic) bond motifs is 1. The summed E-state index contributed by atoms with van der Waals surface area (Å²) >= 11 is 0. The average Bonchev–Trinajstić information content (AvgIpc) is 3.14. The zero-order chi connectivity index (χ0) is 14.7. The Kier molecular flexibility index (Phi) is 4.22. The molecule has 1 N–H and O–H groups in total. The standard InChI is InChI=1S/C16H20N2O3/c1-20-10-8-18-7-6-12-11-13(4-5-14(12)18)17-16(19)15-3-2-9-21-15/h4-7,11,15H,2-3,8-10H2,1H3,(H,17,19). The molecule has 1 amide bonds. The number of ether oxygens (including phenoxy) is 2. The summed E-state index contributed by atoms with van der Waals surface area (Å²) in [5.74, 6) is -0.0503. The van der Waals surface area contributed by atoms with E-state index in [0.29, 0.717) is 13.2 Å². The molecular weight excluding hydrogens is 268 g/mol. The van der Waals surface area contributed by atoms with Crippen LogP contribution in [0.1, 0.15) is 12.8 Å². The van der Waals surface area contributed by atoms with Gasteiger partial charge in [-0.05, 0) is 37.1 Å². The molecule has 2 heterocycles. The molecule has 1 saturated heterocycles. The highest BCUT2D eigenvalue weighted by Gasteiger charge is 2.23. The van der Waals surface area contributed by atoms with Gasteiger partial charge in [0.05, 0.1) is 6.61 Å². The molecule has 5 nitrogen and oxygen atoms in total. The van der Waals surface area contributed by atoms with Crippen LogP contribution in [0.4, 0.5) is 5.69 Å². The van der Waals surface area contributed by atoms with Gasteiger partial charge < -0.3 is 19.4 Å². The van der Waals surface area contributed by atoms with E-state index in [1.54, 1.807) is 7.11 Å². The van der Waals surface area contributed by atoms with Crippen molar-refractivity contribution in [1.29, 1.82) is 0 Å². The first-order chi connectivity index (χ1) is 10.3. The molecule has 5 heteroatoms. The van der Waals surface area contributed by atoms with Crippen molar-refractivity contribution in [3.05, 3.63) is 30.5 Å². The molecule has 1 aromatic heterocycles. The topological polar surface area (TPSA) is 52.5 Å². The predicted molar refractivity (Wildman–Crippen MR) is 81.4 cm³/mol. The number of methoxy groups -OCH3 is 1. The number of hydrogen-bond donors (Lipinski definition) is 1. The fraction of sp³-hybridized carbons (Fsp3) is 0.438. The van der Waals surface area contributed by atoms with Crippen molar-refractivity contribution in [1.82, 2.24) is 4.57 Å². The maximum absolute atomic E-state index is 12.0. The molecule has 1 fully saturated rings. The van der Waals surface area contributed by atoms with E-state index in [4.69, 9.17) is 9.47 Å². The summed E-state index contributed by atoms with van der Waals surface area (Å²) in [7, 11) is 1.70. The smallest absolute Gasteiger partial charge is 0.253 e.